The molecule has 1 aliphatic carbocycles. The highest BCUT2D eigenvalue weighted by Crippen LogP contribution is 2.35. The van der Waals surface area contributed by atoms with Gasteiger partial charge in [0.25, 0.3) is 0 Å². The lowest BCUT2D eigenvalue weighted by atomic mass is 9.90. The number of halogens is 4. The first-order valence-corrected chi connectivity index (χ1v) is 9.55. The van der Waals surface area contributed by atoms with Crippen LogP contribution in [0.3, 0.4) is 0 Å². The summed E-state index contributed by atoms with van der Waals surface area (Å²) in [6.07, 6.45) is 0.551. The van der Waals surface area contributed by atoms with Gasteiger partial charge in [0.05, 0.1) is 0 Å². The number of aryl methyl sites for hydroxylation is 1. The SMILES string of the molecule is Cc1cc2c(cc1Nc1nc(=O)c(F)cn1CC1=CC(F)=C(F)C(F)C1C)CCN2. The maximum Gasteiger partial charge on any atom is 0.310 e. The van der Waals surface area contributed by atoms with E-state index in [9.17, 15) is 22.4 Å². The number of allylic oxidation sites excluding steroid dienone is 4. The summed E-state index contributed by atoms with van der Waals surface area (Å²) in [5, 5.41) is 6.30. The van der Waals surface area contributed by atoms with Crippen LogP contribution in [-0.2, 0) is 13.0 Å². The minimum absolute atomic E-state index is 0.0225. The Hall–Kier alpha value is -3.10. The molecule has 0 fully saturated rings. The van der Waals surface area contributed by atoms with Crippen LogP contribution in [0, 0.1) is 18.7 Å². The molecule has 0 radical (unpaired) electrons. The molecule has 0 bridgehead atoms. The van der Waals surface area contributed by atoms with Gasteiger partial charge in [-0.1, -0.05) is 6.92 Å². The lowest BCUT2D eigenvalue weighted by Gasteiger charge is -2.25. The molecule has 9 heteroatoms. The summed E-state index contributed by atoms with van der Waals surface area (Å²) in [4.78, 5) is 15.6. The van der Waals surface area contributed by atoms with E-state index >= 15 is 0 Å². The fourth-order valence-corrected chi connectivity index (χ4v) is 3.69. The van der Waals surface area contributed by atoms with Crippen molar-refractivity contribution in [3.8, 4) is 0 Å². The molecule has 2 heterocycles. The number of fused-ring (bicyclic) bond motifs is 1. The summed E-state index contributed by atoms with van der Waals surface area (Å²) in [5.41, 5.74) is 2.83. The maximum atomic E-state index is 14.1. The summed E-state index contributed by atoms with van der Waals surface area (Å²) in [6, 6.07) is 3.88. The van der Waals surface area contributed by atoms with Gasteiger partial charge in [0.2, 0.25) is 11.8 Å². The van der Waals surface area contributed by atoms with Gasteiger partial charge in [-0.3, -0.25) is 4.79 Å². The van der Waals surface area contributed by atoms with Gasteiger partial charge in [-0.25, -0.2) is 13.2 Å². The van der Waals surface area contributed by atoms with Crippen LogP contribution in [0.25, 0.3) is 0 Å². The van der Waals surface area contributed by atoms with Gasteiger partial charge in [-0.15, -0.1) is 0 Å². The van der Waals surface area contributed by atoms with E-state index in [1.807, 2.05) is 19.1 Å². The van der Waals surface area contributed by atoms with Crippen LogP contribution in [0.5, 0.6) is 0 Å². The topological polar surface area (TPSA) is 59.0 Å². The van der Waals surface area contributed by atoms with Gasteiger partial charge >= 0.3 is 5.56 Å². The third-order valence-electron chi connectivity index (χ3n) is 5.52. The van der Waals surface area contributed by atoms with E-state index in [2.05, 4.69) is 15.6 Å². The third kappa shape index (κ3) is 3.59. The molecule has 4 rings (SSSR count). The summed E-state index contributed by atoms with van der Waals surface area (Å²) >= 11 is 0. The molecule has 2 atom stereocenters. The monoisotopic (exact) mass is 420 g/mol. The second-order valence-corrected chi connectivity index (χ2v) is 7.58. The highest BCUT2D eigenvalue weighted by Gasteiger charge is 2.32. The van der Waals surface area contributed by atoms with Crippen LogP contribution in [0.15, 0.2) is 46.4 Å². The number of nitrogens with one attached hydrogen (secondary N) is 2. The summed E-state index contributed by atoms with van der Waals surface area (Å²) in [6.45, 7) is 3.95. The molecule has 1 aromatic carbocycles. The average Bonchev–Trinajstić information content (AvgIpc) is 3.15. The quantitative estimate of drug-likeness (QED) is 0.717. The van der Waals surface area contributed by atoms with Crippen molar-refractivity contribution in [2.75, 3.05) is 17.2 Å². The Morgan fingerprint density at radius 3 is 2.83 bits per heavy atom. The zero-order valence-electron chi connectivity index (χ0n) is 16.4. The molecule has 2 aromatic rings. The molecule has 0 saturated heterocycles. The summed E-state index contributed by atoms with van der Waals surface area (Å²) < 4.78 is 56.5. The van der Waals surface area contributed by atoms with Crippen LogP contribution in [-0.4, -0.2) is 22.3 Å². The van der Waals surface area contributed by atoms with E-state index < -0.39 is 35.1 Å². The van der Waals surface area contributed by atoms with Gasteiger partial charge in [0.1, 0.15) is 0 Å². The average molecular weight is 420 g/mol. The second kappa shape index (κ2) is 7.62. The predicted octanol–water partition coefficient (Wildman–Crippen LogP) is 4.47. The molecule has 2 unspecified atom stereocenters. The number of benzene rings is 1. The van der Waals surface area contributed by atoms with Gasteiger partial charge in [-0.2, -0.15) is 9.37 Å². The first-order valence-electron chi connectivity index (χ1n) is 9.55. The molecule has 5 nitrogen and oxygen atoms in total. The summed E-state index contributed by atoms with van der Waals surface area (Å²) in [7, 11) is 0. The number of nitrogens with zero attached hydrogens (tertiary/aromatic N) is 2. The molecule has 1 aromatic heterocycles. The predicted molar refractivity (Wildman–Crippen MR) is 106 cm³/mol. The van der Waals surface area contributed by atoms with Crippen molar-refractivity contribution >= 4 is 17.3 Å². The van der Waals surface area contributed by atoms with E-state index in [4.69, 9.17) is 0 Å². The van der Waals surface area contributed by atoms with E-state index in [0.29, 0.717) is 5.69 Å². The first-order chi connectivity index (χ1) is 14.2. The standard InChI is InChI=1S/C21H20F4N4O/c1-10-5-17-12(3-4-26-17)7-16(10)27-21-28-20(30)15(23)9-29(21)8-13-6-14(22)19(25)18(24)11(13)2/h5-7,9,11,18,26H,3-4,8H2,1-2H3,(H,27,28,30). The zero-order chi connectivity index (χ0) is 21.6. The molecule has 30 heavy (non-hydrogen) atoms. The van der Waals surface area contributed by atoms with Crippen LogP contribution in [0.2, 0.25) is 0 Å². The Morgan fingerprint density at radius 2 is 2.07 bits per heavy atom. The van der Waals surface area contributed by atoms with E-state index in [-0.39, 0.29) is 18.1 Å². The van der Waals surface area contributed by atoms with Gasteiger partial charge < -0.3 is 15.2 Å². The van der Waals surface area contributed by atoms with E-state index in [0.717, 1.165) is 42.1 Å². The Labute approximate surface area is 170 Å². The van der Waals surface area contributed by atoms with Crippen molar-refractivity contribution in [3.05, 3.63) is 68.9 Å². The number of aromatic nitrogens is 2. The summed E-state index contributed by atoms with van der Waals surface area (Å²) in [5.74, 6) is -4.77. The van der Waals surface area contributed by atoms with E-state index in [1.165, 1.54) is 11.5 Å². The molecular formula is C21H20F4N4O. The number of anilines is 3. The zero-order valence-corrected chi connectivity index (χ0v) is 16.4. The fourth-order valence-electron chi connectivity index (χ4n) is 3.69. The number of rotatable bonds is 4. The minimum atomic E-state index is -2.12. The molecule has 2 aliphatic rings. The van der Waals surface area contributed by atoms with Crippen molar-refractivity contribution < 1.29 is 17.6 Å². The van der Waals surface area contributed by atoms with Crippen molar-refractivity contribution in [3.63, 3.8) is 0 Å². The maximum absolute atomic E-state index is 14.1. The lowest BCUT2D eigenvalue weighted by molar-refractivity contribution is 0.247. The highest BCUT2D eigenvalue weighted by molar-refractivity contribution is 5.69. The van der Waals surface area contributed by atoms with Gasteiger partial charge in [0, 0.05) is 36.6 Å². The molecule has 0 spiro atoms. The highest BCUT2D eigenvalue weighted by atomic mass is 19.2. The van der Waals surface area contributed by atoms with Crippen molar-refractivity contribution in [2.45, 2.75) is 33.0 Å². The second-order valence-electron chi connectivity index (χ2n) is 7.58. The molecule has 158 valence electrons. The van der Waals surface area contributed by atoms with Crippen molar-refractivity contribution in [1.29, 1.82) is 0 Å². The number of alkyl halides is 1. The molecule has 2 N–H and O–H groups in total. The number of hydrogen-bond donors (Lipinski definition) is 2. The van der Waals surface area contributed by atoms with Crippen molar-refractivity contribution in [1.82, 2.24) is 9.55 Å². The van der Waals surface area contributed by atoms with Gasteiger partial charge in [-0.05, 0) is 48.3 Å². The Bertz CT molecular complexity index is 1140. The van der Waals surface area contributed by atoms with Crippen LogP contribution < -0.4 is 16.2 Å². The molecular weight excluding hydrogens is 400 g/mol. The van der Waals surface area contributed by atoms with Gasteiger partial charge in [0.15, 0.2) is 17.8 Å². The van der Waals surface area contributed by atoms with Crippen molar-refractivity contribution in [2.24, 2.45) is 5.92 Å². The smallest absolute Gasteiger partial charge is 0.310 e. The van der Waals surface area contributed by atoms with E-state index in [1.54, 1.807) is 0 Å². The normalized spacial score (nSPS) is 20.7. The van der Waals surface area contributed by atoms with Crippen LogP contribution >= 0.6 is 0 Å². The third-order valence-corrected chi connectivity index (χ3v) is 5.52. The molecule has 0 saturated carbocycles. The van der Waals surface area contributed by atoms with Crippen LogP contribution in [0.4, 0.5) is 34.9 Å². The van der Waals surface area contributed by atoms with Crippen LogP contribution in [0.1, 0.15) is 18.1 Å². The Balaban J connectivity index is 1.71. The Kier molecular flexibility index (Phi) is 5.13. The number of hydrogen-bond acceptors (Lipinski definition) is 4. The minimum Gasteiger partial charge on any atom is -0.384 e. The first kappa shape index (κ1) is 20.2. The Morgan fingerprint density at radius 1 is 1.30 bits per heavy atom. The molecule has 1 aliphatic heterocycles. The lowest BCUT2D eigenvalue weighted by Crippen LogP contribution is -2.25. The largest absolute Gasteiger partial charge is 0.384 e. The fraction of sp³-hybridized carbons (Fsp3) is 0.333. The molecule has 0 amide bonds.